The summed E-state index contributed by atoms with van der Waals surface area (Å²) in [6, 6.07) is 15.6. The maximum absolute atomic E-state index is 12.6. The van der Waals surface area contributed by atoms with Crippen LogP contribution in [0.5, 0.6) is 11.6 Å². The second-order valence-electron chi connectivity index (χ2n) is 7.89. The van der Waals surface area contributed by atoms with Crippen molar-refractivity contribution in [2.24, 2.45) is 0 Å². The molecule has 1 fully saturated rings. The van der Waals surface area contributed by atoms with Crippen LogP contribution in [-0.4, -0.2) is 49.2 Å². The lowest BCUT2D eigenvalue weighted by Crippen LogP contribution is -2.34. The molecular formula is C26H24N2O5. The summed E-state index contributed by atoms with van der Waals surface area (Å²) in [5, 5.41) is 0. The van der Waals surface area contributed by atoms with E-state index in [0.717, 1.165) is 40.1 Å². The molecule has 1 saturated heterocycles. The Balaban J connectivity index is 1.37. The van der Waals surface area contributed by atoms with Gasteiger partial charge >= 0.3 is 5.69 Å². The lowest BCUT2D eigenvalue weighted by atomic mass is 9.95. The van der Waals surface area contributed by atoms with Crippen LogP contribution in [-0.2, 0) is 22.4 Å². The first-order chi connectivity index (χ1) is 16.2. The van der Waals surface area contributed by atoms with Gasteiger partial charge in [0, 0.05) is 29.3 Å². The van der Waals surface area contributed by atoms with E-state index >= 15 is 0 Å². The molecule has 0 saturated carbocycles. The summed E-state index contributed by atoms with van der Waals surface area (Å²) in [6.45, 7) is 2.49. The third-order valence-electron chi connectivity index (χ3n) is 5.72. The number of rotatable bonds is 4. The second kappa shape index (κ2) is 9.49. The maximum atomic E-state index is 12.6. The Labute approximate surface area is 191 Å². The number of hydrogen-bond donors (Lipinski definition) is 0. The molecule has 0 bridgehead atoms. The minimum absolute atomic E-state index is 0.154. The summed E-state index contributed by atoms with van der Waals surface area (Å²) in [5.74, 6) is 7.53. The van der Waals surface area contributed by atoms with Gasteiger partial charge in [0.2, 0.25) is 5.88 Å². The topological polar surface area (TPSA) is 71.8 Å². The van der Waals surface area contributed by atoms with Crippen molar-refractivity contribution in [3.8, 4) is 34.7 Å². The van der Waals surface area contributed by atoms with Crippen LogP contribution in [0.3, 0.4) is 0 Å². The van der Waals surface area contributed by atoms with Gasteiger partial charge in [-0.25, -0.2) is 4.79 Å². The predicted octanol–water partition coefficient (Wildman–Crippen LogP) is 2.67. The molecule has 5 rings (SSSR count). The Morgan fingerprint density at radius 2 is 1.91 bits per heavy atom. The summed E-state index contributed by atoms with van der Waals surface area (Å²) < 4.78 is 23.6. The molecule has 0 aliphatic carbocycles. The van der Waals surface area contributed by atoms with Crippen LogP contribution in [0.1, 0.15) is 16.7 Å². The minimum Gasteiger partial charge on any atom is -0.497 e. The van der Waals surface area contributed by atoms with Crippen LogP contribution < -0.4 is 15.2 Å². The van der Waals surface area contributed by atoms with Crippen LogP contribution in [0.4, 0.5) is 0 Å². The van der Waals surface area contributed by atoms with Gasteiger partial charge in [-0.15, -0.1) is 0 Å². The van der Waals surface area contributed by atoms with Crippen molar-refractivity contribution in [2.75, 3.05) is 33.5 Å². The lowest BCUT2D eigenvalue weighted by Gasteiger charge is -2.24. The van der Waals surface area contributed by atoms with Gasteiger partial charge in [0.25, 0.3) is 0 Å². The zero-order valence-corrected chi connectivity index (χ0v) is 18.4. The molecule has 7 nitrogen and oxygen atoms in total. The van der Waals surface area contributed by atoms with Crippen molar-refractivity contribution in [3.63, 3.8) is 0 Å². The van der Waals surface area contributed by atoms with Crippen molar-refractivity contribution >= 4 is 0 Å². The Bertz CT molecular complexity index is 1260. The first-order valence-electron chi connectivity index (χ1n) is 10.9. The summed E-state index contributed by atoms with van der Waals surface area (Å²) >= 11 is 0. The number of methoxy groups -OCH3 is 1. The molecule has 2 aromatic carbocycles. The summed E-state index contributed by atoms with van der Waals surface area (Å²) in [5.41, 5.74) is 4.50. The second-order valence-corrected chi connectivity index (χ2v) is 7.89. The van der Waals surface area contributed by atoms with E-state index in [9.17, 15) is 4.79 Å². The standard InChI is InChI=1S/C26H24N2O5/c1-30-21-7-4-18(5-8-21)2-3-19-6-9-23-20(14-19)10-11-28-24(23)15-25(27-26(28)29)33-17-22-16-31-12-13-32-22/h4-9,14-15,22H,10-13,16-17H2,1H3. The molecule has 1 aromatic heterocycles. The summed E-state index contributed by atoms with van der Waals surface area (Å²) in [4.78, 5) is 16.7. The monoisotopic (exact) mass is 444 g/mol. The quantitative estimate of drug-likeness (QED) is 0.577. The van der Waals surface area contributed by atoms with E-state index < -0.39 is 0 Å². The number of benzene rings is 2. The third-order valence-corrected chi connectivity index (χ3v) is 5.72. The Kier molecular flexibility index (Phi) is 6.11. The average Bonchev–Trinajstić information content (AvgIpc) is 2.87. The van der Waals surface area contributed by atoms with Crippen molar-refractivity contribution in [1.29, 1.82) is 0 Å². The molecule has 33 heavy (non-hydrogen) atoms. The predicted molar refractivity (Wildman–Crippen MR) is 123 cm³/mol. The first-order valence-corrected chi connectivity index (χ1v) is 10.9. The number of aryl methyl sites for hydroxylation is 1. The largest absolute Gasteiger partial charge is 0.497 e. The summed E-state index contributed by atoms with van der Waals surface area (Å²) in [6.07, 6.45) is 0.591. The zero-order chi connectivity index (χ0) is 22.6. The molecular weight excluding hydrogens is 420 g/mol. The van der Waals surface area contributed by atoms with E-state index in [1.54, 1.807) is 11.7 Å². The molecule has 1 unspecified atom stereocenters. The number of nitrogens with zero attached hydrogens (tertiary/aromatic N) is 2. The average molecular weight is 444 g/mol. The third kappa shape index (κ3) is 4.77. The fraction of sp³-hybridized carbons (Fsp3) is 0.308. The highest BCUT2D eigenvalue weighted by atomic mass is 16.6. The van der Waals surface area contributed by atoms with Crippen molar-refractivity contribution < 1.29 is 18.9 Å². The molecule has 3 heterocycles. The van der Waals surface area contributed by atoms with Gasteiger partial charge in [0.15, 0.2) is 0 Å². The SMILES string of the molecule is COc1ccc(C#Cc2ccc3c(c2)CCn2c-3cc(OCC3COCCO3)nc2=O)cc1. The van der Waals surface area contributed by atoms with Gasteiger partial charge in [-0.3, -0.25) is 4.57 Å². The van der Waals surface area contributed by atoms with E-state index in [1.165, 1.54) is 0 Å². The maximum Gasteiger partial charge on any atom is 0.351 e. The molecule has 0 amide bonds. The Morgan fingerprint density at radius 1 is 1.09 bits per heavy atom. The molecule has 3 aromatic rings. The number of ether oxygens (including phenoxy) is 4. The molecule has 168 valence electrons. The molecule has 2 aliphatic heterocycles. The fourth-order valence-corrected chi connectivity index (χ4v) is 3.99. The molecule has 0 N–H and O–H groups in total. The zero-order valence-electron chi connectivity index (χ0n) is 18.4. The van der Waals surface area contributed by atoms with Gasteiger partial charge in [-0.1, -0.05) is 17.9 Å². The van der Waals surface area contributed by atoms with Gasteiger partial charge in [-0.05, 0) is 48.4 Å². The smallest absolute Gasteiger partial charge is 0.351 e. The van der Waals surface area contributed by atoms with Crippen molar-refractivity contribution in [2.45, 2.75) is 19.1 Å². The normalized spacial score (nSPS) is 16.7. The number of aromatic nitrogens is 2. The van der Waals surface area contributed by atoms with Crippen molar-refractivity contribution in [1.82, 2.24) is 9.55 Å². The number of fused-ring (bicyclic) bond motifs is 3. The molecule has 1 atom stereocenters. The highest BCUT2D eigenvalue weighted by molar-refractivity contribution is 5.68. The van der Waals surface area contributed by atoms with Gasteiger partial charge in [-0.2, -0.15) is 4.98 Å². The van der Waals surface area contributed by atoms with E-state index in [0.29, 0.717) is 38.9 Å². The summed E-state index contributed by atoms with van der Waals surface area (Å²) in [7, 11) is 1.64. The Hall–Kier alpha value is -3.60. The molecule has 7 heteroatoms. The van der Waals surface area contributed by atoms with Crippen LogP contribution >= 0.6 is 0 Å². The van der Waals surface area contributed by atoms with E-state index in [-0.39, 0.29) is 11.8 Å². The fourth-order valence-electron chi connectivity index (χ4n) is 3.99. The van der Waals surface area contributed by atoms with Crippen LogP contribution in [0.25, 0.3) is 11.3 Å². The van der Waals surface area contributed by atoms with Crippen LogP contribution in [0, 0.1) is 11.8 Å². The van der Waals surface area contributed by atoms with Crippen LogP contribution in [0.2, 0.25) is 0 Å². The van der Waals surface area contributed by atoms with Gasteiger partial charge in [0.05, 0.1) is 32.6 Å². The highest BCUT2D eigenvalue weighted by Gasteiger charge is 2.20. The van der Waals surface area contributed by atoms with Gasteiger partial charge in [0.1, 0.15) is 18.5 Å². The van der Waals surface area contributed by atoms with E-state index in [4.69, 9.17) is 18.9 Å². The van der Waals surface area contributed by atoms with E-state index in [1.807, 2.05) is 42.5 Å². The lowest BCUT2D eigenvalue weighted by molar-refractivity contribution is -0.102. The highest BCUT2D eigenvalue weighted by Crippen LogP contribution is 2.30. The van der Waals surface area contributed by atoms with Crippen molar-refractivity contribution in [3.05, 3.63) is 75.7 Å². The molecule has 2 aliphatic rings. The van der Waals surface area contributed by atoms with Gasteiger partial charge < -0.3 is 18.9 Å². The van der Waals surface area contributed by atoms with Crippen LogP contribution in [0.15, 0.2) is 53.3 Å². The van der Waals surface area contributed by atoms with E-state index in [2.05, 4.69) is 22.9 Å². The first kappa shape index (κ1) is 21.3. The Morgan fingerprint density at radius 3 is 2.70 bits per heavy atom. The molecule has 0 radical (unpaired) electrons. The number of hydrogen-bond acceptors (Lipinski definition) is 6. The minimum atomic E-state index is -0.308. The molecule has 0 spiro atoms.